The fourth-order valence-electron chi connectivity index (χ4n) is 3.34. The van der Waals surface area contributed by atoms with E-state index in [1.807, 2.05) is 13.0 Å². The van der Waals surface area contributed by atoms with Crippen molar-refractivity contribution in [2.24, 2.45) is 18.0 Å². The van der Waals surface area contributed by atoms with Crippen LogP contribution in [0.15, 0.2) is 47.9 Å². The van der Waals surface area contributed by atoms with E-state index in [0.29, 0.717) is 24.0 Å². The molecule has 2 unspecified atom stereocenters. The van der Waals surface area contributed by atoms with Crippen LogP contribution < -0.4 is 67.4 Å². The van der Waals surface area contributed by atoms with Crippen molar-refractivity contribution >= 4 is 11.7 Å². The van der Waals surface area contributed by atoms with Gasteiger partial charge in [0.1, 0.15) is 0 Å². The number of anilines is 1. The van der Waals surface area contributed by atoms with Crippen molar-refractivity contribution < 1.29 is 69.4 Å². The van der Waals surface area contributed by atoms with E-state index in [-0.39, 0.29) is 70.4 Å². The number of carbonyl (C=O) groups excluding carboxylic acids is 1. The number of aromatic nitrogens is 2. The molecule has 7 nitrogen and oxygen atoms in total. The molecule has 2 atom stereocenters. The molecule has 0 saturated carbocycles. The van der Waals surface area contributed by atoms with Gasteiger partial charge in [-0.15, -0.1) is 6.20 Å². The summed E-state index contributed by atoms with van der Waals surface area (Å²) in [4.78, 5) is 17.9. The minimum absolute atomic E-state index is 0. The molecule has 1 saturated heterocycles. The average Bonchev–Trinajstić information content (AvgIpc) is 3.15. The van der Waals surface area contributed by atoms with Crippen molar-refractivity contribution in [3.05, 3.63) is 60.0 Å². The number of carbonyl (C=O) groups is 1. The van der Waals surface area contributed by atoms with Crippen LogP contribution in [-0.4, -0.2) is 40.0 Å². The van der Waals surface area contributed by atoms with Crippen LogP contribution in [0.2, 0.25) is 0 Å². The van der Waals surface area contributed by atoms with E-state index in [9.17, 15) is 18.0 Å². The van der Waals surface area contributed by atoms with E-state index in [0.717, 1.165) is 5.56 Å². The van der Waals surface area contributed by atoms with Gasteiger partial charge < -0.3 is 31.4 Å². The summed E-state index contributed by atoms with van der Waals surface area (Å²) in [6, 6.07) is 6.50. The molecule has 2 aromatic rings. The van der Waals surface area contributed by atoms with E-state index in [1.165, 1.54) is 11.1 Å². The summed E-state index contributed by atoms with van der Waals surface area (Å²) in [6.07, 6.45) is 3.91. The number of likely N-dealkylation sites (tertiary alicyclic amines) is 1. The Labute approximate surface area is 227 Å². The van der Waals surface area contributed by atoms with Crippen LogP contribution >= 0.6 is 0 Å². The number of nitrogens with one attached hydrogen (secondary N) is 2. The van der Waals surface area contributed by atoms with Gasteiger partial charge in [-0.25, -0.2) is 4.79 Å². The summed E-state index contributed by atoms with van der Waals surface area (Å²) in [5.74, 6) is -1.47. The van der Waals surface area contributed by atoms with Gasteiger partial charge in [-0.1, -0.05) is 29.9 Å². The van der Waals surface area contributed by atoms with E-state index >= 15 is 0 Å². The molecule has 3 rings (SSSR count). The van der Waals surface area contributed by atoms with Gasteiger partial charge in [-0.05, 0) is 37.5 Å². The molecule has 1 aliphatic heterocycles. The standard InChI is InChI=1S/C21H25F3N6O.K/c1-15(25-8-9-26-19-12-27-29(2)14-19)16-5-3-7-18(11-16)28-20(31)30-10-4-6-17(13-30)21(22,23)24;/h3,5,7,9,11-12,14-15,17,25H,4,6,10,13H2,1-2H3,(H,28,31);/q-2;+1. The second kappa shape index (κ2) is 12.1. The first-order chi connectivity index (χ1) is 14.7. The van der Waals surface area contributed by atoms with Gasteiger partial charge in [-0.3, -0.25) is 5.10 Å². The van der Waals surface area contributed by atoms with Crippen molar-refractivity contribution in [3.8, 4) is 0 Å². The molecule has 2 heterocycles. The van der Waals surface area contributed by atoms with Crippen LogP contribution in [0.1, 0.15) is 31.4 Å². The van der Waals surface area contributed by atoms with Crippen LogP contribution in [0.25, 0.3) is 0 Å². The van der Waals surface area contributed by atoms with Gasteiger partial charge >= 0.3 is 63.6 Å². The first kappa shape index (κ1) is 26.7. The summed E-state index contributed by atoms with van der Waals surface area (Å²) in [5, 5.41) is 10.5. The molecule has 1 aromatic heterocycles. The second-order valence-electron chi connectivity index (χ2n) is 7.52. The van der Waals surface area contributed by atoms with Gasteiger partial charge in [0.15, 0.2) is 0 Å². The number of piperidine rings is 1. The third-order valence-electron chi connectivity index (χ3n) is 5.08. The molecule has 0 spiro atoms. The molecule has 168 valence electrons. The number of halogens is 3. The molecule has 0 bridgehead atoms. The zero-order chi connectivity index (χ0) is 22.4. The Bertz CT molecular complexity index is 984. The Morgan fingerprint density at radius 2 is 2.22 bits per heavy atom. The van der Waals surface area contributed by atoms with Gasteiger partial charge in [0.25, 0.3) is 0 Å². The molecular weight excluding hydrogens is 448 g/mol. The fourth-order valence-corrected chi connectivity index (χ4v) is 3.34. The number of benzene rings is 1. The minimum Gasteiger partial charge on any atom is -0.560 e. The van der Waals surface area contributed by atoms with E-state index < -0.39 is 18.1 Å². The summed E-state index contributed by atoms with van der Waals surface area (Å²) in [7, 11) is 1.80. The van der Waals surface area contributed by atoms with Gasteiger partial charge in [0.05, 0.1) is 5.92 Å². The maximum absolute atomic E-state index is 13.0. The number of hydrogen-bond donors (Lipinski definition) is 2. The Balaban J connectivity index is 0.00000363. The third kappa shape index (κ3) is 7.80. The smallest absolute Gasteiger partial charge is 0.560 e. The molecule has 1 fully saturated rings. The van der Waals surface area contributed by atoms with Crippen molar-refractivity contribution in [1.29, 1.82) is 0 Å². The number of rotatable bonds is 5. The normalized spacial score (nSPS) is 18.3. The van der Waals surface area contributed by atoms with Crippen molar-refractivity contribution in [1.82, 2.24) is 20.0 Å². The van der Waals surface area contributed by atoms with Crippen LogP contribution in [0.5, 0.6) is 0 Å². The average molecular weight is 474 g/mol. The zero-order valence-electron chi connectivity index (χ0n) is 18.4. The van der Waals surface area contributed by atoms with Crippen LogP contribution in [-0.2, 0) is 7.05 Å². The molecular formula is C21H25F3KN6O-. The number of hydrogen-bond acceptors (Lipinski definition) is 4. The maximum Gasteiger partial charge on any atom is 1.00 e. The topological polar surface area (TPSA) is 74.5 Å². The molecule has 2 amide bonds. The molecule has 1 aromatic carbocycles. The SMILES string of the molecule is CC(N[C-]=CN=c1cnn(C)[cH-]1)c1cccc(NC(=O)N2CCCC(C(F)(F)F)C2)c1.[K+]. The Morgan fingerprint density at radius 1 is 1.44 bits per heavy atom. The molecule has 0 aliphatic carbocycles. The predicted molar refractivity (Wildman–Crippen MR) is 110 cm³/mol. The third-order valence-corrected chi connectivity index (χ3v) is 5.08. The first-order valence-corrected chi connectivity index (χ1v) is 9.97. The molecule has 11 heteroatoms. The van der Waals surface area contributed by atoms with Crippen molar-refractivity contribution in [2.75, 3.05) is 18.4 Å². The number of aryl methyl sites for hydroxylation is 1. The van der Waals surface area contributed by atoms with E-state index in [1.54, 1.807) is 42.3 Å². The Morgan fingerprint density at radius 3 is 2.91 bits per heavy atom. The minimum atomic E-state index is -4.28. The Kier molecular flexibility index (Phi) is 10.1. The Hall–Kier alpha value is -1.53. The fraction of sp³-hybridized carbons (Fsp3) is 0.429. The van der Waals surface area contributed by atoms with Crippen molar-refractivity contribution in [3.63, 3.8) is 0 Å². The van der Waals surface area contributed by atoms with Gasteiger partial charge in [-0.2, -0.15) is 13.2 Å². The molecule has 32 heavy (non-hydrogen) atoms. The maximum atomic E-state index is 13.0. The number of amides is 2. The second-order valence-corrected chi connectivity index (χ2v) is 7.52. The van der Waals surface area contributed by atoms with E-state index in [4.69, 9.17) is 0 Å². The largest absolute Gasteiger partial charge is 1.00 e. The monoisotopic (exact) mass is 473 g/mol. The summed E-state index contributed by atoms with van der Waals surface area (Å²) < 4.78 is 40.6. The number of nitrogens with zero attached hydrogens (tertiary/aromatic N) is 4. The van der Waals surface area contributed by atoms with Gasteiger partial charge in [0.2, 0.25) is 0 Å². The van der Waals surface area contributed by atoms with Crippen LogP contribution in [0.4, 0.5) is 23.7 Å². The molecule has 2 N–H and O–H groups in total. The molecule has 1 aliphatic rings. The molecule has 0 radical (unpaired) electrons. The summed E-state index contributed by atoms with van der Waals surface area (Å²) in [6.45, 7) is 1.92. The number of alkyl halides is 3. The summed E-state index contributed by atoms with van der Waals surface area (Å²) in [5.41, 5.74) is 1.40. The van der Waals surface area contributed by atoms with Gasteiger partial charge in [0, 0.05) is 31.9 Å². The van der Waals surface area contributed by atoms with E-state index in [2.05, 4.69) is 26.9 Å². The first-order valence-electron chi connectivity index (χ1n) is 9.97. The number of urea groups is 1. The van der Waals surface area contributed by atoms with Crippen LogP contribution in [0.3, 0.4) is 0 Å². The predicted octanol–water partition coefficient (Wildman–Crippen LogP) is 0.475. The quantitative estimate of drug-likeness (QED) is 0.377. The van der Waals surface area contributed by atoms with Crippen LogP contribution in [0, 0.1) is 12.1 Å². The zero-order valence-corrected chi connectivity index (χ0v) is 21.5. The summed E-state index contributed by atoms with van der Waals surface area (Å²) >= 11 is 0. The van der Waals surface area contributed by atoms with Crippen molar-refractivity contribution in [2.45, 2.75) is 32.0 Å².